The Morgan fingerprint density at radius 2 is 1.69 bits per heavy atom. The first-order valence-corrected chi connectivity index (χ1v) is 4.99. The van der Waals surface area contributed by atoms with Crippen molar-refractivity contribution in [3.8, 4) is 0 Å². The first kappa shape index (κ1) is 10.8. The Morgan fingerprint density at radius 1 is 1.15 bits per heavy atom. The lowest BCUT2D eigenvalue weighted by atomic mass is 10.1. The SMILES string of the molecule is FC(F)(F)C(I)Cc1ccccc1. The molecular weight excluding hydrogens is 292 g/mol. The zero-order chi connectivity index (χ0) is 9.90. The van der Waals surface area contributed by atoms with E-state index in [0.29, 0.717) is 0 Å². The average Bonchev–Trinajstić information content (AvgIpc) is 2.04. The molecule has 72 valence electrons. The first-order valence-electron chi connectivity index (χ1n) is 3.75. The summed E-state index contributed by atoms with van der Waals surface area (Å²) < 4.78 is 35.1. The second-order valence-corrected chi connectivity index (χ2v) is 4.20. The number of halogens is 4. The van der Waals surface area contributed by atoms with Crippen LogP contribution in [0.2, 0.25) is 0 Å². The topological polar surface area (TPSA) is 0 Å². The second-order valence-electron chi connectivity index (χ2n) is 2.70. The molecule has 0 aromatic heterocycles. The maximum Gasteiger partial charge on any atom is 0.400 e. The van der Waals surface area contributed by atoms with Crippen molar-refractivity contribution in [2.24, 2.45) is 0 Å². The van der Waals surface area contributed by atoms with Crippen LogP contribution in [0.5, 0.6) is 0 Å². The molecule has 0 spiro atoms. The number of benzene rings is 1. The predicted octanol–water partition coefficient (Wildman–Crippen LogP) is 3.60. The molecular formula is C9H8F3I. The quantitative estimate of drug-likeness (QED) is 0.578. The summed E-state index contributed by atoms with van der Waals surface area (Å²) in [7, 11) is 0. The van der Waals surface area contributed by atoms with E-state index in [0.717, 1.165) is 5.56 Å². The van der Waals surface area contributed by atoms with Gasteiger partial charge in [0, 0.05) is 0 Å². The Morgan fingerprint density at radius 3 is 2.15 bits per heavy atom. The Balaban J connectivity index is 2.61. The smallest absolute Gasteiger partial charge is 0.170 e. The molecule has 0 heterocycles. The molecule has 0 bridgehead atoms. The van der Waals surface area contributed by atoms with Crippen LogP contribution in [0.15, 0.2) is 30.3 Å². The normalized spacial score (nSPS) is 14.2. The molecule has 0 fully saturated rings. The van der Waals surface area contributed by atoms with Crippen LogP contribution in [0.3, 0.4) is 0 Å². The van der Waals surface area contributed by atoms with Crippen molar-refractivity contribution in [1.29, 1.82) is 0 Å². The van der Waals surface area contributed by atoms with Crippen molar-refractivity contribution in [2.45, 2.75) is 16.5 Å². The van der Waals surface area contributed by atoms with E-state index in [4.69, 9.17) is 0 Å². The van der Waals surface area contributed by atoms with Crippen molar-refractivity contribution in [3.63, 3.8) is 0 Å². The monoisotopic (exact) mass is 300 g/mol. The molecule has 0 saturated heterocycles. The fourth-order valence-corrected chi connectivity index (χ4v) is 1.45. The number of hydrogen-bond acceptors (Lipinski definition) is 0. The molecule has 0 N–H and O–H groups in total. The zero-order valence-electron chi connectivity index (χ0n) is 6.68. The highest BCUT2D eigenvalue weighted by molar-refractivity contribution is 14.1. The maximum absolute atomic E-state index is 12.1. The van der Waals surface area contributed by atoms with Gasteiger partial charge in [0.05, 0.1) is 0 Å². The number of alkyl halides is 4. The highest BCUT2D eigenvalue weighted by atomic mass is 127. The second kappa shape index (κ2) is 4.30. The third-order valence-electron chi connectivity index (χ3n) is 1.61. The number of hydrogen-bond donors (Lipinski definition) is 0. The van der Waals surface area contributed by atoms with E-state index in [2.05, 4.69) is 0 Å². The molecule has 0 aliphatic carbocycles. The van der Waals surface area contributed by atoms with Crippen LogP contribution in [0, 0.1) is 0 Å². The standard InChI is InChI=1S/C9H8F3I/c10-9(11,12)8(13)6-7-4-2-1-3-5-7/h1-5,8H,6H2. The van der Waals surface area contributed by atoms with E-state index < -0.39 is 10.1 Å². The van der Waals surface area contributed by atoms with Crippen LogP contribution in [0.4, 0.5) is 13.2 Å². The zero-order valence-corrected chi connectivity index (χ0v) is 8.84. The molecule has 0 nitrogen and oxygen atoms in total. The fraction of sp³-hybridized carbons (Fsp3) is 0.333. The molecule has 1 atom stereocenters. The van der Waals surface area contributed by atoms with Crippen LogP contribution >= 0.6 is 22.6 Å². The fourth-order valence-electron chi connectivity index (χ4n) is 0.937. The van der Waals surface area contributed by atoms with E-state index in [-0.39, 0.29) is 6.42 Å². The van der Waals surface area contributed by atoms with E-state index in [9.17, 15) is 13.2 Å². The van der Waals surface area contributed by atoms with Gasteiger partial charge in [0.1, 0.15) is 3.92 Å². The Labute approximate surface area is 88.3 Å². The van der Waals surface area contributed by atoms with Gasteiger partial charge in [-0.15, -0.1) is 0 Å². The molecule has 0 saturated carbocycles. The van der Waals surface area contributed by atoms with Gasteiger partial charge in [0.2, 0.25) is 0 Å². The number of rotatable bonds is 2. The minimum Gasteiger partial charge on any atom is -0.170 e. The molecule has 0 aliphatic heterocycles. The maximum atomic E-state index is 12.1. The van der Waals surface area contributed by atoms with Gasteiger partial charge in [-0.25, -0.2) is 0 Å². The first-order chi connectivity index (χ1) is 6.00. The summed E-state index contributed by atoms with van der Waals surface area (Å²) in [5, 5.41) is 0. The molecule has 0 radical (unpaired) electrons. The Hall–Kier alpha value is -0.260. The van der Waals surface area contributed by atoms with Crippen LogP contribution in [0.1, 0.15) is 5.56 Å². The van der Waals surface area contributed by atoms with Crippen LogP contribution in [0.25, 0.3) is 0 Å². The van der Waals surface area contributed by atoms with Gasteiger partial charge in [0.25, 0.3) is 0 Å². The van der Waals surface area contributed by atoms with E-state index in [1.807, 2.05) is 0 Å². The van der Waals surface area contributed by atoms with Crippen LogP contribution in [-0.4, -0.2) is 10.1 Å². The predicted molar refractivity (Wildman–Crippen MR) is 54.0 cm³/mol. The van der Waals surface area contributed by atoms with Crippen molar-refractivity contribution in [2.75, 3.05) is 0 Å². The summed E-state index contributed by atoms with van der Waals surface area (Å²) >= 11 is 1.43. The molecule has 1 unspecified atom stereocenters. The van der Waals surface area contributed by atoms with Gasteiger partial charge >= 0.3 is 6.18 Å². The largest absolute Gasteiger partial charge is 0.400 e. The third-order valence-corrected chi connectivity index (χ3v) is 2.76. The lowest BCUT2D eigenvalue weighted by Gasteiger charge is -2.13. The van der Waals surface area contributed by atoms with E-state index in [1.54, 1.807) is 30.3 Å². The lowest BCUT2D eigenvalue weighted by Crippen LogP contribution is -2.24. The summed E-state index contributed by atoms with van der Waals surface area (Å²) in [5.41, 5.74) is 0.722. The molecule has 1 aromatic carbocycles. The summed E-state index contributed by atoms with van der Waals surface area (Å²) in [5.74, 6) is 0. The van der Waals surface area contributed by atoms with Crippen molar-refractivity contribution < 1.29 is 13.2 Å². The van der Waals surface area contributed by atoms with Crippen LogP contribution in [-0.2, 0) is 6.42 Å². The minimum absolute atomic E-state index is 0.0465. The summed E-state index contributed by atoms with van der Waals surface area (Å²) in [6.07, 6.45) is -4.05. The summed E-state index contributed by atoms with van der Waals surface area (Å²) in [6, 6.07) is 8.69. The van der Waals surface area contributed by atoms with Gasteiger partial charge in [-0.1, -0.05) is 52.9 Å². The minimum atomic E-state index is -4.10. The molecule has 1 aromatic rings. The van der Waals surface area contributed by atoms with E-state index in [1.165, 1.54) is 22.6 Å². The van der Waals surface area contributed by atoms with Gasteiger partial charge in [0.15, 0.2) is 0 Å². The molecule has 13 heavy (non-hydrogen) atoms. The molecule has 1 rings (SSSR count). The third kappa shape index (κ3) is 3.54. The molecule has 0 amide bonds. The van der Waals surface area contributed by atoms with Crippen molar-refractivity contribution in [3.05, 3.63) is 35.9 Å². The van der Waals surface area contributed by atoms with Gasteiger partial charge < -0.3 is 0 Å². The Kier molecular flexibility index (Phi) is 3.58. The Bertz CT molecular complexity index is 255. The highest BCUT2D eigenvalue weighted by Gasteiger charge is 2.37. The summed E-state index contributed by atoms with van der Waals surface area (Å²) in [4.78, 5) is 0. The van der Waals surface area contributed by atoms with Gasteiger partial charge in [-0.05, 0) is 12.0 Å². The van der Waals surface area contributed by atoms with Gasteiger partial charge in [-0.3, -0.25) is 0 Å². The van der Waals surface area contributed by atoms with Crippen molar-refractivity contribution in [1.82, 2.24) is 0 Å². The average molecular weight is 300 g/mol. The van der Waals surface area contributed by atoms with E-state index >= 15 is 0 Å². The van der Waals surface area contributed by atoms with Gasteiger partial charge in [-0.2, -0.15) is 13.2 Å². The van der Waals surface area contributed by atoms with Crippen molar-refractivity contribution >= 4 is 22.6 Å². The lowest BCUT2D eigenvalue weighted by molar-refractivity contribution is -0.124. The molecule has 0 aliphatic rings. The summed E-state index contributed by atoms with van der Waals surface area (Å²) in [6.45, 7) is 0. The van der Waals surface area contributed by atoms with Crippen LogP contribution < -0.4 is 0 Å². The highest BCUT2D eigenvalue weighted by Crippen LogP contribution is 2.29. The molecule has 4 heteroatoms.